The van der Waals surface area contributed by atoms with E-state index in [-0.39, 0.29) is 12.1 Å². The van der Waals surface area contributed by atoms with Gasteiger partial charge in [-0.1, -0.05) is 0 Å². The number of hydrogen-bond acceptors (Lipinski definition) is 5. The molecule has 1 atom stereocenters. The third-order valence-corrected chi connectivity index (χ3v) is 2.13. The number of hydrogen-bond donors (Lipinski definition) is 1. The normalized spacial score (nSPS) is 12.6. The van der Waals surface area contributed by atoms with Crippen LogP contribution in [0.2, 0.25) is 0 Å². The summed E-state index contributed by atoms with van der Waals surface area (Å²) in [6.07, 6.45) is 0.105. The minimum atomic E-state index is 0.105. The number of aryl methyl sites for hydroxylation is 1. The van der Waals surface area contributed by atoms with E-state index >= 15 is 0 Å². The van der Waals surface area contributed by atoms with Crippen LogP contribution in [0.4, 0.5) is 5.95 Å². The monoisotopic (exact) mass is 253 g/mol. The van der Waals surface area contributed by atoms with E-state index in [1.165, 1.54) is 0 Å². The Balaban J connectivity index is 2.67. The van der Waals surface area contributed by atoms with Crippen molar-refractivity contribution in [3.8, 4) is 5.88 Å². The van der Waals surface area contributed by atoms with Crippen LogP contribution >= 0.6 is 0 Å². The average Bonchev–Trinajstić information content (AvgIpc) is 2.24. The fourth-order valence-electron chi connectivity index (χ4n) is 1.46. The number of rotatable bonds is 7. The lowest BCUT2D eigenvalue weighted by molar-refractivity contribution is 0.141. The molecule has 102 valence electrons. The Hall–Kier alpha value is -1.36. The Bertz CT molecular complexity index is 369. The Morgan fingerprint density at radius 2 is 2.00 bits per heavy atom. The van der Waals surface area contributed by atoms with Gasteiger partial charge >= 0.3 is 0 Å². The molecule has 0 saturated carbocycles. The Kier molecular flexibility index (Phi) is 5.85. The van der Waals surface area contributed by atoms with Crippen molar-refractivity contribution in [1.29, 1.82) is 0 Å². The van der Waals surface area contributed by atoms with E-state index in [2.05, 4.69) is 15.3 Å². The second-order valence-electron chi connectivity index (χ2n) is 4.54. The summed E-state index contributed by atoms with van der Waals surface area (Å²) in [5.41, 5.74) is 0.881. The van der Waals surface area contributed by atoms with Gasteiger partial charge in [0.15, 0.2) is 0 Å². The van der Waals surface area contributed by atoms with Crippen LogP contribution < -0.4 is 10.1 Å². The van der Waals surface area contributed by atoms with Crippen molar-refractivity contribution in [2.24, 2.45) is 0 Å². The average molecular weight is 253 g/mol. The van der Waals surface area contributed by atoms with Crippen LogP contribution in [0.1, 0.15) is 33.4 Å². The third kappa shape index (κ3) is 5.31. The van der Waals surface area contributed by atoms with Gasteiger partial charge in [-0.15, -0.1) is 0 Å². The van der Waals surface area contributed by atoms with E-state index in [0.717, 1.165) is 5.69 Å². The number of anilines is 1. The number of nitrogens with zero attached hydrogens (tertiary/aromatic N) is 2. The van der Waals surface area contributed by atoms with Gasteiger partial charge in [-0.25, -0.2) is 4.98 Å². The van der Waals surface area contributed by atoms with E-state index in [0.29, 0.717) is 25.0 Å². The van der Waals surface area contributed by atoms with Crippen molar-refractivity contribution < 1.29 is 9.47 Å². The van der Waals surface area contributed by atoms with Crippen molar-refractivity contribution in [2.45, 2.75) is 46.8 Å². The first-order valence-electron chi connectivity index (χ1n) is 6.38. The third-order valence-electron chi connectivity index (χ3n) is 2.13. The Morgan fingerprint density at radius 3 is 2.61 bits per heavy atom. The van der Waals surface area contributed by atoms with Gasteiger partial charge in [0.1, 0.15) is 0 Å². The van der Waals surface area contributed by atoms with Crippen LogP contribution in [0.15, 0.2) is 6.07 Å². The maximum atomic E-state index is 5.58. The molecule has 0 aliphatic heterocycles. The van der Waals surface area contributed by atoms with Crippen LogP contribution in [0.25, 0.3) is 0 Å². The van der Waals surface area contributed by atoms with Crippen LogP contribution in [-0.4, -0.2) is 35.3 Å². The molecular formula is C13H23N3O2. The summed E-state index contributed by atoms with van der Waals surface area (Å²) in [6, 6.07) is 2.00. The van der Waals surface area contributed by atoms with Crippen LogP contribution in [0, 0.1) is 6.92 Å². The fraction of sp³-hybridized carbons (Fsp3) is 0.692. The second-order valence-corrected chi connectivity index (χ2v) is 4.54. The fourth-order valence-corrected chi connectivity index (χ4v) is 1.46. The first-order chi connectivity index (χ1) is 8.51. The summed E-state index contributed by atoms with van der Waals surface area (Å²) < 4.78 is 10.9. The van der Waals surface area contributed by atoms with Gasteiger partial charge < -0.3 is 14.8 Å². The summed E-state index contributed by atoms with van der Waals surface area (Å²) in [7, 11) is 0. The molecule has 18 heavy (non-hydrogen) atoms. The van der Waals surface area contributed by atoms with Crippen molar-refractivity contribution >= 4 is 5.95 Å². The van der Waals surface area contributed by atoms with Gasteiger partial charge in [-0.05, 0) is 34.6 Å². The minimum Gasteiger partial charge on any atom is -0.475 e. The number of ether oxygens (including phenoxy) is 2. The van der Waals surface area contributed by atoms with E-state index in [4.69, 9.17) is 9.47 Å². The SMILES string of the molecule is CCOCC(C)Nc1nc(C)cc(OC(C)C)n1. The maximum Gasteiger partial charge on any atom is 0.226 e. The molecule has 0 fully saturated rings. The quantitative estimate of drug-likeness (QED) is 0.808. The number of nitrogens with one attached hydrogen (secondary N) is 1. The van der Waals surface area contributed by atoms with E-state index in [9.17, 15) is 0 Å². The van der Waals surface area contributed by atoms with Crippen molar-refractivity contribution in [3.63, 3.8) is 0 Å². The predicted molar refractivity (Wildman–Crippen MR) is 72.1 cm³/mol. The molecule has 1 N–H and O–H groups in total. The molecule has 5 nitrogen and oxygen atoms in total. The molecule has 0 aliphatic carbocycles. The topological polar surface area (TPSA) is 56.3 Å². The van der Waals surface area contributed by atoms with Crippen molar-refractivity contribution in [2.75, 3.05) is 18.5 Å². The van der Waals surface area contributed by atoms with E-state index in [1.807, 2.05) is 40.7 Å². The highest BCUT2D eigenvalue weighted by atomic mass is 16.5. The minimum absolute atomic E-state index is 0.105. The lowest BCUT2D eigenvalue weighted by Crippen LogP contribution is -2.23. The summed E-state index contributed by atoms with van der Waals surface area (Å²) in [5.74, 6) is 1.18. The highest BCUT2D eigenvalue weighted by molar-refractivity contribution is 5.31. The van der Waals surface area contributed by atoms with Crippen LogP contribution in [0.5, 0.6) is 5.88 Å². The van der Waals surface area contributed by atoms with E-state index in [1.54, 1.807) is 0 Å². The maximum absolute atomic E-state index is 5.58. The Morgan fingerprint density at radius 1 is 1.28 bits per heavy atom. The van der Waals surface area contributed by atoms with Crippen LogP contribution in [-0.2, 0) is 4.74 Å². The first-order valence-corrected chi connectivity index (χ1v) is 6.38. The summed E-state index contributed by atoms with van der Waals surface area (Å²) in [4.78, 5) is 8.65. The molecule has 0 bridgehead atoms. The molecule has 1 aromatic rings. The van der Waals surface area contributed by atoms with E-state index < -0.39 is 0 Å². The van der Waals surface area contributed by atoms with Gasteiger partial charge in [0, 0.05) is 24.4 Å². The zero-order valence-electron chi connectivity index (χ0n) is 11.9. The molecule has 0 aliphatic rings. The number of aromatic nitrogens is 2. The molecule has 0 spiro atoms. The second kappa shape index (κ2) is 7.16. The smallest absolute Gasteiger partial charge is 0.226 e. The van der Waals surface area contributed by atoms with Gasteiger partial charge in [-0.2, -0.15) is 4.98 Å². The molecule has 0 radical (unpaired) electrons. The summed E-state index contributed by atoms with van der Waals surface area (Å²) in [6.45, 7) is 11.2. The molecule has 1 unspecified atom stereocenters. The predicted octanol–water partition coefficient (Wildman–Crippen LogP) is 2.41. The molecular weight excluding hydrogens is 230 g/mol. The van der Waals surface area contributed by atoms with Crippen molar-refractivity contribution in [1.82, 2.24) is 9.97 Å². The standard InChI is InChI=1S/C13H23N3O2/c1-6-17-8-11(5)15-13-14-10(4)7-12(16-13)18-9(2)3/h7,9,11H,6,8H2,1-5H3,(H,14,15,16). The molecule has 1 aromatic heterocycles. The zero-order chi connectivity index (χ0) is 13.5. The lowest BCUT2D eigenvalue weighted by Gasteiger charge is -2.15. The highest BCUT2D eigenvalue weighted by Crippen LogP contribution is 2.14. The van der Waals surface area contributed by atoms with Gasteiger partial charge in [-0.3, -0.25) is 0 Å². The lowest BCUT2D eigenvalue weighted by atomic mass is 10.3. The Labute approximate surface area is 109 Å². The van der Waals surface area contributed by atoms with Gasteiger partial charge in [0.05, 0.1) is 12.7 Å². The largest absolute Gasteiger partial charge is 0.475 e. The zero-order valence-corrected chi connectivity index (χ0v) is 11.9. The first kappa shape index (κ1) is 14.7. The molecule has 0 amide bonds. The summed E-state index contributed by atoms with van der Waals surface area (Å²) >= 11 is 0. The molecule has 1 rings (SSSR count). The molecule has 0 aromatic carbocycles. The molecule has 1 heterocycles. The van der Waals surface area contributed by atoms with Gasteiger partial charge in [0.2, 0.25) is 11.8 Å². The van der Waals surface area contributed by atoms with Gasteiger partial charge in [0.25, 0.3) is 0 Å². The molecule has 0 saturated heterocycles. The van der Waals surface area contributed by atoms with Crippen LogP contribution in [0.3, 0.4) is 0 Å². The summed E-state index contributed by atoms with van der Waals surface area (Å²) in [5, 5.41) is 3.20. The molecule has 5 heteroatoms. The highest BCUT2D eigenvalue weighted by Gasteiger charge is 2.08. The van der Waals surface area contributed by atoms with Crippen molar-refractivity contribution in [3.05, 3.63) is 11.8 Å².